The van der Waals surface area contributed by atoms with Gasteiger partial charge in [0, 0.05) is 8.95 Å². The molecule has 2 aromatic carbocycles. The van der Waals surface area contributed by atoms with Crippen LogP contribution in [0, 0.1) is 0 Å². The Morgan fingerprint density at radius 1 is 0.688 bits per heavy atom. The molecule has 0 nitrogen and oxygen atoms in total. The molecule has 0 radical (unpaired) electrons. The Labute approximate surface area is 114 Å². The number of halogens is 2. The highest BCUT2D eigenvalue weighted by molar-refractivity contribution is 9.10. The first-order chi connectivity index (χ1) is 7.75. The summed E-state index contributed by atoms with van der Waals surface area (Å²) in [6, 6.07) is 16.6. The van der Waals surface area contributed by atoms with E-state index in [4.69, 9.17) is 0 Å². The minimum Gasteiger partial charge on any atom is -0.0683 e. The van der Waals surface area contributed by atoms with Crippen molar-refractivity contribution in [1.29, 1.82) is 0 Å². The molecule has 84 valence electrons. The van der Waals surface area contributed by atoms with E-state index in [9.17, 15) is 0 Å². The van der Waals surface area contributed by atoms with Crippen molar-refractivity contribution in [3.05, 3.63) is 57.5 Å². The molecule has 2 rings (SSSR count). The third kappa shape index (κ3) is 3.76. The van der Waals surface area contributed by atoms with Gasteiger partial charge in [-0.3, -0.25) is 0 Å². The van der Waals surface area contributed by atoms with Crippen molar-refractivity contribution < 1.29 is 0 Å². The standard InChI is InChI=1S/C12H8Br2.C2H6/c13-11-5-1-3-9(7-11)10-4-2-6-12(14)8-10;1-2/h1-8H;1-2H3. The minimum absolute atomic E-state index is 1.11. The fraction of sp³-hybridized carbons (Fsp3) is 0.143. The highest BCUT2D eigenvalue weighted by Gasteiger charge is 1.97. The second-order valence-corrected chi connectivity index (χ2v) is 4.85. The van der Waals surface area contributed by atoms with Crippen LogP contribution in [-0.2, 0) is 0 Å². The molecule has 0 atom stereocenters. The van der Waals surface area contributed by atoms with Crippen molar-refractivity contribution in [2.75, 3.05) is 0 Å². The van der Waals surface area contributed by atoms with Crippen molar-refractivity contribution in [3.63, 3.8) is 0 Å². The Hall–Kier alpha value is -0.600. The van der Waals surface area contributed by atoms with E-state index in [0.29, 0.717) is 0 Å². The van der Waals surface area contributed by atoms with Gasteiger partial charge in [-0.05, 0) is 35.4 Å². The van der Waals surface area contributed by atoms with E-state index in [1.54, 1.807) is 0 Å². The summed E-state index contributed by atoms with van der Waals surface area (Å²) in [5, 5.41) is 0. The quantitative estimate of drug-likeness (QED) is 0.605. The van der Waals surface area contributed by atoms with Crippen molar-refractivity contribution >= 4 is 31.9 Å². The topological polar surface area (TPSA) is 0 Å². The largest absolute Gasteiger partial charge is 0.0683 e. The van der Waals surface area contributed by atoms with E-state index in [1.165, 1.54) is 11.1 Å². The summed E-state index contributed by atoms with van der Waals surface area (Å²) in [6.07, 6.45) is 0. The van der Waals surface area contributed by atoms with Crippen LogP contribution in [0.3, 0.4) is 0 Å². The molecule has 0 bridgehead atoms. The molecular formula is C14H14Br2. The van der Waals surface area contributed by atoms with Crippen LogP contribution in [-0.4, -0.2) is 0 Å². The molecule has 0 saturated carbocycles. The van der Waals surface area contributed by atoms with Crippen LogP contribution in [0.25, 0.3) is 11.1 Å². The van der Waals surface area contributed by atoms with E-state index in [1.807, 2.05) is 38.1 Å². The second-order valence-electron chi connectivity index (χ2n) is 3.02. The summed E-state index contributed by atoms with van der Waals surface area (Å²) in [4.78, 5) is 0. The summed E-state index contributed by atoms with van der Waals surface area (Å²) in [5.41, 5.74) is 2.45. The predicted molar refractivity (Wildman–Crippen MR) is 78.6 cm³/mol. The van der Waals surface area contributed by atoms with E-state index in [0.717, 1.165) is 8.95 Å². The van der Waals surface area contributed by atoms with Gasteiger partial charge in [-0.1, -0.05) is 70.0 Å². The normalized spacial score (nSPS) is 9.25. The maximum atomic E-state index is 3.47. The van der Waals surface area contributed by atoms with Crippen LogP contribution in [0.1, 0.15) is 13.8 Å². The third-order valence-electron chi connectivity index (χ3n) is 1.98. The monoisotopic (exact) mass is 340 g/mol. The smallest absolute Gasteiger partial charge is 0.0181 e. The van der Waals surface area contributed by atoms with Crippen molar-refractivity contribution in [2.45, 2.75) is 13.8 Å². The molecule has 0 spiro atoms. The van der Waals surface area contributed by atoms with Crippen LogP contribution in [0.4, 0.5) is 0 Å². The molecule has 0 N–H and O–H groups in total. The van der Waals surface area contributed by atoms with Gasteiger partial charge in [0.1, 0.15) is 0 Å². The fourth-order valence-corrected chi connectivity index (χ4v) is 2.13. The molecular weight excluding hydrogens is 328 g/mol. The lowest BCUT2D eigenvalue weighted by molar-refractivity contribution is 1.50. The van der Waals surface area contributed by atoms with E-state index in [2.05, 4.69) is 56.1 Å². The van der Waals surface area contributed by atoms with Crippen molar-refractivity contribution in [1.82, 2.24) is 0 Å². The average molecular weight is 342 g/mol. The Morgan fingerprint density at radius 2 is 1.06 bits per heavy atom. The first-order valence-corrected chi connectivity index (χ1v) is 6.86. The lowest BCUT2D eigenvalue weighted by Gasteiger charge is -2.02. The van der Waals surface area contributed by atoms with Gasteiger partial charge in [0.15, 0.2) is 0 Å². The number of hydrogen-bond acceptors (Lipinski definition) is 0. The average Bonchev–Trinajstić information content (AvgIpc) is 2.32. The first kappa shape index (κ1) is 13.5. The zero-order valence-electron chi connectivity index (χ0n) is 9.37. The summed E-state index contributed by atoms with van der Waals surface area (Å²) in [5.74, 6) is 0. The minimum atomic E-state index is 1.11. The molecule has 0 heterocycles. The Bertz CT molecular complexity index is 406. The Morgan fingerprint density at radius 3 is 1.38 bits per heavy atom. The van der Waals surface area contributed by atoms with Crippen LogP contribution < -0.4 is 0 Å². The lowest BCUT2D eigenvalue weighted by Crippen LogP contribution is -1.77. The fourth-order valence-electron chi connectivity index (χ4n) is 1.34. The van der Waals surface area contributed by atoms with Gasteiger partial charge >= 0.3 is 0 Å². The highest BCUT2D eigenvalue weighted by atomic mass is 79.9. The summed E-state index contributed by atoms with van der Waals surface area (Å²) in [7, 11) is 0. The molecule has 0 aliphatic rings. The molecule has 0 fully saturated rings. The van der Waals surface area contributed by atoms with Gasteiger partial charge in [0.25, 0.3) is 0 Å². The number of benzene rings is 2. The zero-order chi connectivity index (χ0) is 12.0. The SMILES string of the molecule is Brc1cccc(-c2cccc(Br)c2)c1.CC. The first-order valence-electron chi connectivity index (χ1n) is 5.27. The summed E-state index contributed by atoms with van der Waals surface area (Å²) >= 11 is 6.93. The summed E-state index contributed by atoms with van der Waals surface area (Å²) < 4.78 is 2.21. The third-order valence-corrected chi connectivity index (χ3v) is 2.97. The van der Waals surface area contributed by atoms with Crippen LogP contribution in [0.15, 0.2) is 57.5 Å². The van der Waals surface area contributed by atoms with Gasteiger partial charge in [-0.25, -0.2) is 0 Å². The number of rotatable bonds is 1. The van der Waals surface area contributed by atoms with Crippen LogP contribution in [0.5, 0.6) is 0 Å². The van der Waals surface area contributed by atoms with Gasteiger partial charge in [-0.2, -0.15) is 0 Å². The van der Waals surface area contributed by atoms with Gasteiger partial charge in [0.05, 0.1) is 0 Å². The molecule has 0 saturated heterocycles. The van der Waals surface area contributed by atoms with E-state index < -0.39 is 0 Å². The van der Waals surface area contributed by atoms with Crippen LogP contribution >= 0.6 is 31.9 Å². The number of hydrogen-bond donors (Lipinski definition) is 0. The van der Waals surface area contributed by atoms with Gasteiger partial charge < -0.3 is 0 Å². The Kier molecular flexibility index (Phi) is 5.78. The van der Waals surface area contributed by atoms with Gasteiger partial charge in [-0.15, -0.1) is 0 Å². The maximum absolute atomic E-state index is 3.47. The molecule has 2 heteroatoms. The highest BCUT2D eigenvalue weighted by Crippen LogP contribution is 2.25. The van der Waals surface area contributed by atoms with E-state index >= 15 is 0 Å². The summed E-state index contributed by atoms with van der Waals surface area (Å²) in [6.45, 7) is 4.00. The molecule has 0 unspecified atom stereocenters. The van der Waals surface area contributed by atoms with Crippen molar-refractivity contribution in [2.24, 2.45) is 0 Å². The lowest BCUT2D eigenvalue weighted by atomic mass is 10.1. The maximum Gasteiger partial charge on any atom is 0.0181 e. The van der Waals surface area contributed by atoms with Gasteiger partial charge in [0.2, 0.25) is 0 Å². The zero-order valence-corrected chi connectivity index (χ0v) is 12.5. The molecule has 2 aromatic rings. The van der Waals surface area contributed by atoms with Crippen LogP contribution in [0.2, 0.25) is 0 Å². The van der Waals surface area contributed by atoms with Crippen molar-refractivity contribution in [3.8, 4) is 11.1 Å². The molecule has 0 aromatic heterocycles. The molecule has 0 aliphatic carbocycles. The second kappa shape index (κ2) is 6.87. The van der Waals surface area contributed by atoms with E-state index in [-0.39, 0.29) is 0 Å². The molecule has 0 amide bonds. The molecule has 0 aliphatic heterocycles. The molecule has 16 heavy (non-hydrogen) atoms. The predicted octanol–water partition coefficient (Wildman–Crippen LogP) is 5.90. The Balaban J connectivity index is 0.000000606.